The molecule has 1 aliphatic rings. The number of ether oxygens (including phenoxy) is 1. The fourth-order valence-corrected chi connectivity index (χ4v) is 3.91. The van der Waals surface area contributed by atoms with Crippen molar-refractivity contribution in [3.63, 3.8) is 0 Å². The van der Waals surface area contributed by atoms with E-state index in [1.165, 1.54) is 25.7 Å². The molecule has 1 atom stereocenters. The third-order valence-electron chi connectivity index (χ3n) is 4.48. The van der Waals surface area contributed by atoms with Gasteiger partial charge >= 0.3 is 6.03 Å². The Bertz CT molecular complexity index is 483. The number of nitrogens with one attached hydrogen (secondary N) is 2. The van der Waals surface area contributed by atoms with Gasteiger partial charge in [-0.25, -0.2) is 9.78 Å². The third kappa shape index (κ3) is 4.68. The number of rotatable bonds is 7. The van der Waals surface area contributed by atoms with Crippen LogP contribution < -0.4 is 10.6 Å². The molecule has 6 heteroatoms. The predicted octanol–water partition coefficient (Wildman–Crippen LogP) is 3.41. The lowest BCUT2D eigenvalue weighted by atomic mass is 9.83. The van der Waals surface area contributed by atoms with Crippen LogP contribution in [0.25, 0.3) is 0 Å². The second-order valence-electron chi connectivity index (χ2n) is 6.33. The van der Waals surface area contributed by atoms with E-state index in [1.807, 2.05) is 19.2 Å². The molecule has 5 nitrogen and oxygen atoms in total. The first kappa shape index (κ1) is 17.2. The van der Waals surface area contributed by atoms with Crippen molar-refractivity contribution in [3.05, 3.63) is 16.1 Å². The fraction of sp³-hybridized carbons (Fsp3) is 0.750. The molecule has 0 spiro atoms. The summed E-state index contributed by atoms with van der Waals surface area (Å²) in [7, 11) is 1.74. The van der Waals surface area contributed by atoms with Gasteiger partial charge in [0.25, 0.3) is 0 Å². The molecule has 1 aromatic rings. The highest BCUT2D eigenvalue weighted by Crippen LogP contribution is 2.40. The van der Waals surface area contributed by atoms with Crippen molar-refractivity contribution in [3.8, 4) is 0 Å². The monoisotopic (exact) mass is 325 g/mol. The molecule has 1 aliphatic carbocycles. The number of methoxy groups -OCH3 is 1. The minimum Gasteiger partial charge on any atom is -0.385 e. The summed E-state index contributed by atoms with van der Waals surface area (Å²) in [6.07, 6.45) is 5.88. The van der Waals surface area contributed by atoms with E-state index in [-0.39, 0.29) is 17.5 Å². The lowest BCUT2D eigenvalue weighted by Gasteiger charge is -2.29. The molecule has 2 rings (SSSR count). The lowest BCUT2D eigenvalue weighted by molar-refractivity contribution is 0.135. The van der Waals surface area contributed by atoms with Crippen LogP contribution in [-0.2, 0) is 4.74 Å². The van der Waals surface area contributed by atoms with Crippen molar-refractivity contribution in [1.82, 2.24) is 15.6 Å². The molecule has 0 bridgehead atoms. The van der Waals surface area contributed by atoms with E-state index in [0.717, 1.165) is 30.3 Å². The number of nitrogens with zero attached hydrogens (tertiary/aromatic N) is 1. The highest BCUT2D eigenvalue weighted by atomic mass is 32.1. The summed E-state index contributed by atoms with van der Waals surface area (Å²) in [5.41, 5.74) is 1.22. The number of carbonyl (C=O) groups is 1. The zero-order chi connectivity index (χ0) is 16.0. The van der Waals surface area contributed by atoms with Gasteiger partial charge in [0.05, 0.1) is 6.04 Å². The van der Waals surface area contributed by atoms with Gasteiger partial charge in [0, 0.05) is 31.3 Å². The first-order valence-corrected chi connectivity index (χ1v) is 8.88. The summed E-state index contributed by atoms with van der Waals surface area (Å²) in [6, 6.07) is -0.166. The number of amides is 2. The molecule has 2 N–H and O–H groups in total. The van der Waals surface area contributed by atoms with Gasteiger partial charge in [-0.1, -0.05) is 12.8 Å². The zero-order valence-electron chi connectivity index (χ0n) is 13.8. The Morgan fingerprint density at radius 2 is 2.23 bits per heavy atom. The number of urea groups is 1. The second-order valence-corrected chi connectivity index (χ2v) is 7.22. The molecule has 1 heterocycles. The summed E-state index contributed by atoms with van der Waals surface area (Å²) >= 11 is 1.58. The number of thiazole rings is 1. The van der Waals surface area contributed by atoms with E-state index in [1.54, 1.807) is 18.4 Å². The van der Waals surface area contributed by atoms with Crippen LogP contribution >= 0.6 is 11.3 Å². The molecule has 22 heavy (non-hydrogen) atoms. The minimum atomic E-state index is -0.107. The van der Waals surface area contributed by atoms with Crippen LogP contribution in [0.5, 0.6) is 0 Å². The van der Waals surface area contributed by atoms with E-state index in [2.05, 4.69) is 15.6 Å². The molecular weight excluding hydrogens is 298 g/mol. The summed E-state index contributed by atoms with van der Waals surface area (Å²) in [5, 5.41) is 8.98. The normalized spacial score (nSPS) is 18.1. The SMILES string of the molecule is COCCC1(CNC(=O)N[C@H](C)c2nc(C)cs2)CCCC1. The maximum atomic E-state index is 12.1. The number of aryl methyl sites for hydroxylation is 1. The highest BCUT2D eigenvalue weighted by molar-refractivity contribution is 7.09. The van der Waals surface area contributed by atoms with Gasteiger partial charge in [0.1, 0.15) is 5.01 Å². The van der Waals surface area contributed by atoms with E-state index in [4.69, 9.17) is 4.74 Å². The molecule has 0 unspecified atom stereocenters. The quantitative estimate of drug-likeness (QED) is 0.807. The van der Waals surface area contributed by atoms with Gasteiger partial charge in [-0.2, -0.15) is 0 Å². The summed E-state index contributed by atoms with van der Waals surface area (Å²) in [5.74, 6) is 0. The fourth-order valence-electron chi connectivity index (χ4n) is 3.11. The zero-order valence-corrected chi connectivity index (χ0v) is 14.6. The average Bonchev–Trinajstić information content (AvgIpc) is 3.13. The Kier molecular flexibility index (Phi) is 6.20. The lowest BCUT2D eigenvalue weighted by Crippen LogP contribution is -2.43. The first-order chi connectivity index (χ1) is 10.5. The molecule has 1 saturated carbocycles. The van der Waals surface area contributed by atoms with Crippen molar-refractivity contribution in [2.24, 2.45) is 5.41 Å². The van der Waals surface area contributed by atoms with E-state index < -0.39 is 0 Å². The molecule has 0 aromatic carbocycles. The molecule has 1 aromatic heterocycles. The Hall–Kier alpha value is -1.14. The summed E-state index contributed by atoms with van der Waals surface area (Å²) < 4.78 is 5.23. The molecular formula is C16H27N3O2S. The average molecular weight is 325 g/mol. The Balaban J connectivity index is 1.81. The van der Waals surface area contributed by atoms with E-state index in [9.17, 15) is 4.79 Å². The standard InChI is InChI=1S/C16H27N3O2S/c1-12-10-22-14(18-12)13(2)19-15(20)17-11-16(8-9-21-3)6-4-5-7-16/h10,13H,4-9,11H2,1-3H3,(H2,17,19,20)/t13-/m1/s1. The molecule has 1 fully saturated rings. The molecule has 0 aliphatic heterocycles. The number of hydrogen-bond acceptors (Lipinski definition) is 4. The number of carbonyl (C=O) groups excluding carboxylic acids is 1. The van der Waals surface area contributed by atoms with Crippen LogP contribution in [0.2, 0.25) is 0 Å². The van der Waals surface area contributed by atoms with Gasteiger partial charge in [-0.3, -0.25) is 0 Å². The van der Waals surface area contributed by atoms with Crippen LogP contribution in [0.1, 0.15) is 55.8 Å². The van der Waals surface area contributed by atoms with Crippen molar-refractivity contribution in [1.29, 1.82) is 0 Å². The number of aromatic nitrogens is 1. The van der Waals surface area contributed by atoms with Gasteiger partial charge in [-0.15, -0.1) is 11.3 Å². The summed E-state index contributed by atoms with van der Waals surface area (Å²) in [4.78, 5) is 16.5. The van der Waals surface area contributed by atoms with Gasteiger partial charge < -0.3 is 15.4 Å². The van der Waals surface area contributed by atoms with Crippen LogP contribution in [0.3, 0.4) is 0 Å². The highest BCUT2D eigenvalue weighted by Gasteiger charge is 2.33. The van der Waals surface area contributed by atoms with Crippen LogP contribution in [0.4, 0.5) is 4.79 Å². The van der Waals surface area contributed by atoms with Crippen molar-refractivity contribution < 1.29 is 9.53 Å². The molecule has 124 valence electrons. The largest absolute Gasteiger partial charge is 0.385 e. The third-order valence-corrected chi connectivity index (χ3v) is 5.62. The van der Waals surface area contributed by atoms with Gasteiger partial charge in [-0.05, 0) is 38.5 Å². The number of hydrogen-bond donors (Lipinski definition) is 2. The summed E-state index contributed by atoms with van der Waals surface area (Å²) in [6.45, 7) is 5.42. The van der Waals surface area contributed by atoms with Crippen LogP contribution in [0.15, 0.2) is 5.38 Å². The Morgan fingerprint density at radius 1 is 1.50 bits per heavy atom. The van der Waals surface area contributed by atoms with Gasteiger partial charge in [0.15, 0.2) is 0 Å². The smallest absolute Gasteiger partial charge is 0.315 e. The van der Waals surface area contributed by atoms with Crippen molar-refractivity contribution in [2.75, 3.05) is 20.3 Å². The predicted molar refractivity (Wildman–Crippen MR) is 89.2 cm³/mol. The maximum absolute atomic E-state index is 12.1. The van der Waals surface area contributed by atoms with E-state index >= 15 is 0 Å². The van der Waals surface area contributed by atoms with Crippen molar-refractivity contribution >= 4 is 17.4 Å². The first-order valence-electron chi connectivity index (χ1n) is 8.00. The Morgan fingerprint density at radius 3 is 2.82 bits per heavy atom. The van der Waals surface area contributed by atoms with E-state index in [0.29, 0.717) is 0 Å². The van der Waals surface area contributed by atoms with Crippen LogP contribution in [0, 0.1) is 12.3 Å². The minimum absolute atomic E-state index is 0.0581. The Labute approximate surface area is 136 Å². The topological polar surface area (TPSA) is 63.2 Å². The molecule has 0 radical (unpaired) electrons. The van der Waals surface area contributed by atoms with Crippen molar-refractivity contribution in [2.45, 2.75) is 52.0 Å². The molecule has 2 amide bonds. The maximum Gasteiger partial charge on any atom is 0.315 e. The second kappa shape index (κ2) is 7.92. The van der Waals surface area contributed by atoms with Crippen LogP contribution in [-0.4, -0.2) is 31.3 Å². The molecule has 0 saturated heterocycles. The van der Waals surface area contributed by atoms with Gasteiger partial charge in [0.2, 0.25) is 0 Å².